The SMILES string of the molecule is CCOC1CN(CC(F)(F)CNC)C1. The molecule has 0 aliphatic carbocycles. The van der Waals surface area contributed by atoms with E-state index >= 15 is 0 Å². The van der Waals surface area contributed by atoms with Crippen molar-refractivity contribution in [2.75, 3.05) is 39.8 Å². The number of alkyl halides is 2. The van der Waals surface area contributed by atoms with Crippen molar-refractivity contribution >= 4 is 0 Å². The Hall–Kier alpha value is -0.260. The predicted molar refractivity (Wildman–Crippen MR) is 50.7 cm³/mol. The van der Waals surface area contributed by atoms with E-state index in [9.17, 15) is 8.78 Å². The minimum atomic E-state index is -2.63. The van der Waals surface area contributed by atoms with Crippen LogP contribution in [0, 0.1) is 0 Å². The molecule has 0 saturated carbocycles. The molecule has 0 aromatic heterocycles. The van der Waals surface area contributed by atoms with Crippen molar-refractivity contribution in [2.45, 2.75) is 19.0 Å². The van der Waals surface area contributed by atoms with Crippen LogP contribution in [0.4, 0.5) is 8.78 Å². The van der Waals surface area contributed by atoms with Crippen molar-refractivity contribution in [1.82, 2.24) is 10.2 Å². The first kappa shape index (κ1) is 11.8. The number of likely N-dealkylation sites (tertiary alicyclic amines) is 1. The van der Waals surface area contributed by atoms with Gasteiger partial charge in [-0.3, -0.25) is 4.90 Å². The molecule has 14 heavy (non-hydrogen) atoms. The number of ether oxygens (including phenoxy) is 1. The third-order valence-corrected chi connectivity index (χ3v) is 2.22. The Morgan fingerprint density at radius 2 is 2.14 bits per heavy atom. The lowest BCUT2D eigenvalue weighted by atomic mass is 10.1. The van der Waals surface area contributed by atoms with Gasteiger partial charge in [0.25, 0.3) is 5.92 Å². The molecule has 1 saturated heterocycles. The van der Waals surface area contributed by atoms with E-state index in [-0.39, 0.29) is 19.2 Å². The van der Waals surface area contributed by atoms with Crippen LogP contribution < -0.4 is 5.32 Å². The highest BCUT2D eigenvalue weighted by Gasteiger charge is 2.36. The topological polar surface area (TPSA) is 24.5 Å². The lowest BCUT2D eigenvalue weighted by molar-refractivity contribution is -0.0988. The molecule has 1 fully saturated rings. The Balaban J connectivity index is 2.15. The standard InChI is InChI=1S/C9H18F2N2O/c1-3-14-8-4-13(5-8)7-9(10,11)6-12-2/h8,12H,3-7H2,1-2H3. The van der Waals surface area contributed by atoms with Crippen LogP contribution >= 0.6 is 0 Å². The summed E-state index contributed by atoms with van der Waals surface area (Å²) in [6.45, 7) is 3.41. The van der Waals surface area contributed by atoms with Gasteiger partial charge in [0.2, 0.25) is 0 Å². The molecule has 0 aromatic rings. The molecule has 1 rings (SSSR count). The molecule has 0 spiro atoms. The van der Waals surface area contributed by atoms with Crippen LogP contribution in [-0.4, -0.2) is 56.8 Å². The average Bonchev–Trinajstić information content (AvgIpc) is 2.00. The maximum Gasteiger partial charge on any atom is 0.272 e. The molecular weight excluding hydrogens is 190 g/mol. The second-order valence-electron chi connectivity index (χ2n) is 3.66. The maximum atomic E-state index is 13.1. The van der Waals surface area contributed by atoms with Gasteiger partial charge in [-0.05, 0) is 14.0 Å². The zero-order chi connectivity index (χ0) is 10.6. The fraction of sp³-hybridized carbons (Fsp3) is 1.00. The predicted octanol–water partition coefficient (Wildman–Crippen LogP) is 0.562. The minimum Gasteiger partial charge on any atom is -0.376 e. The summed E-state index contributed by atoms with van der Waals surface area (Å²) >= 11 is 0. The van der Waals surface area contributed by atoms with Crippen molar-refractivity contribution in [3.63, 3.8) is 0 Å². The van der Waals surface area contributed by atoms with Crippen LogP contribution in [0.15, 0.2) is 0 Å². The number of halogens is 2. The molecule has 0 unspecified atom stereocenters. The van der Waals surface area contributed by atoms with Crippen molar-refractivity contribution in [3.8, 4) is 0 Å². The van der Waals surface area contributed by atoms with E-state index in [0.717, 1.165) is 0 Å². The van der Waals surface area contributed by atoms with E-state index < -0.39 is 5.92 Å². The Morgan fingerprint density at radius 3 is 2.64 bits per heavy atom. The van der Waals surface area contributed by atoms with Gasteiger partial charge in [0.1, 0.15) is 0 Å². The van der Waals surface area contributed by atoms with E-state index in [2.05, 4.69) is 5.32 Å². The molecule has 84 valence electrons. The third-order valence-electron chi connectivity index (χ3n) is 2.22. The fourth-order valence-electron chi connectivity index (χ4n) is 1.63. The summed E-state index contributed by atoms with van der Waals surface area (Å²) in [5.41, 5.74) is 0. The molecule has 3 nitrogen and oxygen atoms in total. The second-order valence-corrected chi connectivity index (χ2v) is 3.66. The summed E-state index contributed by atoms with van der Waals surface area (Å²) in [5.74, 6) is -2.63. The van der Waals surface area contributed by atoms with Gasteiger partial charge in [-0.25, -0.2) is 8.78 Å². The van der Waals surface area contributed by atoms with Gasteiger partial charge in [0.15, 0.2) is 0 Å². The van der Waals surface area contributed by atoms with Gasteiger partial charge in [0, 0.05) is 19.7 Å². The molecule has 0 atom stereocenters. The maximum absolute atomic E-state index is 13.1. The Kier molecular flexibility index (Phi) is 4.22. The minimum absolute atomic E-state index is 0.158. The van der Waals surface area contributed by atoms with E-state index in [0.29, 0.717) is 19.7 Å². The second kappa shape index (κ2) is 5.00. The number of nitrogens with zero attached hydrogens (tertiary/aromatic N) is 1. The van der Waals surface area contributed by atoms with Crippen LogP contribution in [0.3, 0.4) is 0 Å². The summed E-state index contributed by atoms with van der Waals surface area (Å²) in [6, 6.07) is 0. The molecule has 0 amide bonds. The van der Waals surface area contributed by atoms with Crippen molar-refractivity contribution in [3.05, 3.63) is 0 Å². The highest BCUT2D eigenvalue weighted by Crippen LogP contribution is 2.19. The summed E-state index contributed by atoms with van der Waals surface area (Å²) < 4.78 is 31.4. The molecule has 1 aliphatic heterocycles. The van der Waals surface area contributed by atoms with Gasteiger partial charge < -0.3 is 10.1 Å². The smallest absolute Gasteiger partial charge is 0.272 e. The molecule has 0 bridgehead atoms. The van der Waals surface area contributed by atoms with E-state index in [4.69, 9.17) is 4.74 Å². The first-order valence-electron chi connectivity index (χ1n) is 4.94. The summed E-state index contributed by atoms with van der Waals surface area (Å²) in [4.78, 5) is 1.72. The average molecular weight is 208 g/mol. The van der Waals surface area contributed by atoms with Crippen molar-refractivity contribution < 1.29 is 13.5 Å². The molecular formula is C9H18F2N2O. The molecule has 0 radical (unpaired) electrons. The molecule has 1 N–H and O–H groups in total. The number of nitrogens with one attached hydrogen (secondary N) is 1. The summed E-state index contributed by atoms with van der Waals surface area (Å²) in [5, 5.41) is 2.49. The van der Waals surface area contributed by atoms with Crippen LogP contribution in [0.1, 0.15) is 6.92 Å². The molecule has 1 heterocycles. The zero-order valence-electron chi connectivity index (χ0n) is 8.72. The highest BCUT2D eigenvalue weighted by molar-refractivity contribution is 4.85. The largest absolute Gasteiger partial charge is 0.376 e. The van der Waals surface area contributed by atoms with Crippen LogP contribution in [0.5, 0.6) is 0 Å². The monoisotopic (exact) mass is 208 g/mol. The molecule has 1 aliphatic rings. The van der Waals surface area contributed by atoms with Crippen molar-refractivity contribution in [2.24, 2.45) is 0 Å². The van der Waals surface area contributed by atoms with Gasteiger partial charge in [0.05, 0.1) is 19.2 Å². The lowest BCUT2D eigenvalue weighted by Crippen LogP contribution is -2.56. The van der Waals surface area contributed by atoms with Gasteiger partial charge in [-0.2, -0.15) is 0 Å². The fourth-order valence-corrected chi connectivity index (χ4v) is 1.63. The number of hydrogen-bond acceptors (Lipinski definition) is 3. The normalized spacial score (nSPS) is 19.7. The van der Waals surface area contributed by atoms with Crippen LogP contribution in [-0.2, 0) is 4.74 Å². The Morgan fingerprint density at radius 1 is 1.50 bits per heavy atom. The Labute approximate surface area is 83.4 Å². The lowest BCUT2D eigenvalue weighted by Gasteiger charge is -2.40. The first-order chi connectivity index (χ1) is 6.57. The molecule has 0 aromatic carbocycles. The van der Waals surface area contributed by atoms with Crippen LogP contribution in [0.2, 0.25) is 0 Å². The first-order valence-corrected chi connectivity index (χ1v) is 4.94. The summed E-state index contributed by atoms with van der Waals surface area (Å²) in [6.07, 6.45) is 0.158. The van der Waals surface area contributed by atoms with Gasteiger partial charge in [-0.15, -0.1) is 0 Å². The highest BCUT2D eigenvalue weighted by atomic mass is 19.3. The Bertz CT molecular complexity index is 172. The van der Waals surface area contributed by atoms with Crippen molar-refractivity contribution in [1.29, 1.82) is 0 Å². The van der Waals surface area contributed by atoms with Gasteiger partial charge in [-0.1, -0.05) is 0 Å². The van der Waals surface area contributed by atoms with Crippen LogP contribution in [0.25, 0.3) is 0 Å². The number of hydrogen-bond donors (Lipinski definition) is 1. The van der Waals surface area contributed by atoms with E-state index in [1.807, 2.05) is 6.92 Å². The summed E-state index contributed by atoms with van der Waals surface area (Å²) in [7, 11) is 1.53. The van der Waals surface area contributed by atoms with Gasteiger partial charge >= 0.3 is 0 Å². The zero-order valence-corrected chi connectivity index (χ0v) is 8.72. The van der Waals surface area contributed by atoms with E-state index in [1.54, 1.807) is 4.90 Å². The third kappa shape index (κ3) is 3.48. The van der Waals surface area contributed by atoms with E-state index in [1.165, 1.54) is 7.05 Å². The molecule has 5 heteroatoms. The quantitative estimate of drug-likeness (QED) is 0.690. The number of rotatable bonds is 6.